The molecule has 0 amide bonds. The van der Waals surface area contributed by atoms with Crippen molar-refractivity contribution in [2.24, 2.45) is 0 Å². The molecule has 2 N–H and O–H groups in total. The third-order valence-corrected chi connectivity index (χ3v) is 2.83. The molecule has 2 rings (SSSR count). The van der Waals surface area contributed by atoms with E-state index < -0.39 is 17.6 Å². The van der Waals surface area contributed by atoms with E-state index in [0.717, 1.165) is 12.1 Å². The van der Waals surface area contributed by atoms with Crippen LogP contribution in [-0.4, -0.2) is 17.6 Å². The number of carbonyl (C=O) groups is 1. The van der Waals surface area contributed by atoms with E-state index in [2.05, 4.69) is 4.98 Å². The van der Waals surface area contributed by atoms with Crippen molar-refractivity contribution in [1.29, 1.82) is 0 Å². The summed E-state index contributed by atoms with van der Waals surface area (Å²) < 4.78 is 30.8. The van der Waals surface area contributed by atoms with Gasteiger partial charge in [0.1, 0.15) is 0 Å². The molecule has 21 heavy (non-hydrogen) atoms. The number of pyridine rings is 1. The number of nitrogens with two attached hydrogens (primary N) is 1. The lowest BCUT2D eigenvalue weighted by Gasteiger charge is -2.07. The summed E-state index contributed by atoms with van der Waals surface area (Å²) in [6.45, 7) is 1.92. The molecular weight excluding hydrogens is 278 g/mol. The predicted molar refractivity (Wildman–Crippen MR) is 73.8 cm³/mol. The van der Waals surface area contributed by atoms with E-state index in [-0.39, 0.29) is 18.0 Å². The first-order valence-electron chi connectivity index (χ1n) is 6.36. The van der Waals surface area contributed by atoms with E-state index in [1.807, 2.05) is 0 Å². The Hall–Kier alpha value is -2.50. The number of aromatic nitrogens is 1. The molecule has 4 nitrogen and oxygen atoms in total. The molecule has 0 radical (unpaired) electrons. The van der Waals surface area contributed by atoms with Crippen LogP contribution in [0.5, 0.6) is 0 Å². The lowest BCUT2D eigenvalue weighted by Crippen LogP contribution is -2.11. The third kappa shape index (κ3) is 3.53. The van der Waals surface area contributed by atoms with Crippen molar-refractivity contribution < 1.29 is 18.3 Å². The topological polar surface area (TPSA) is 65.2 Å². The van der Waals surface area contributed by atoms with E-state index in [1.165, 1.54) is 12.3 Å². The zero-order chi connectivity index (χ0) is 15.4. The van der Waals surface area contributed by atoms with Crippen LogP contribution in [0.2, 0.25) is 0 Å². The average Bonchev–Trinajstić information content (AvgIpc) is 2.43. The highest BCUT2D eigenvalue weighted by atomic mass is 19.2. The monoisotopic (exact) mass is 292 g/mol. The quantitative estimate of drug-likeness (QED) is 0.880. The van der Waals surface area contributed by atoms with Crippen LogP contribution in [0.3, 0.4) is 0 Å². The maximum atomic E-state index is 13.1. The number of carbonyl (C=O) groups excluding carboxylic acids is 1. The molecule has 0 aliphatic carbocycles. The predicted octanol–water partition coefficient (Wildman–Crippen LogP) is 2.71. The highest BCUT2D eigenvalue weighted by Gasteiger charge is 2.13. The Bertz CT molecular complexity index is 675. The standard InChI is InChI=1S/C15H14F2N2O2/c1-2-21-15(20)14-13(18)7-10(8-19-14)5-9-3-4-11(16)12(17)6-9/h3-4,6-8H,2,5,18H2,1H3. The van der Waals surface area contributed by atoms with Gasteiger partial charge in [0.25, 0.3) is 0 Å². The molecule has 0 aliphatic rings. The van der Waals surface area contributed by atoms with Crippen LogP contribution in [0, 0.1) is 11.6 Å². The summed E-state index contributed by atoms with van der Waals surface area (Å²) in [5.41, 5.74) is 7.27. The number of anilines is 1. The normalized spacial score (nSPS) is 10.4. The highest BCUT2D eigenvalue weighted by Crippen LogP contribution is 2.17. The van der Waals surface area contributed by atoms with Gasteiger partial charge >= 0.3 is 5.97 Å². The molecule has 2 aromatic rings. The molecule has 1 aromatic carbocycles. The number of ether oxygens (including phenoxy) is 1. The number of halogens is 2. The number of hydrogen-bond acceptors (Lipinski definition) is 4. The van der Waals surface area contributed by atoms with Gasteiger partial charge in [-0.05, 0) is 42.7 Å². The molecule has 0 aliphatic heterocycles. The molecule has 0 unspecified atom stereocenters. The van der Waals surface area contributed by atoms with Crippen molar-refractivity contribution in [2.45, 2.75) is 13.3 Å². The van der Waals surface area contributed by atoms with Gasteiger partial charge in [-0.2, -0.15) is 0 Å². The lowest BCUT2D eigenvalue weighted by molar-refractivity contribution is 0.0521. The van der Waals surface area contributed by atoms with E-state index in [1.54, 1.807) is 13.0 Å². The van der Waals surface area contributed by atoms with Crippen molar-refractivity contribution in [3.63, 3.8) is 0 Å². The molecular formula is C15H14F2N2O2. The second kappa shape index (κ2) is 6.30. The van der Waals surface area contributed by atoms with Crippen molar-refractivity contribution in [1.82, 2.24) is 4.98 Å². The number of benzene rings is 1. The summed E-state index contributed by atoms with van der Waals surface area (Å²) in [6.07, 6.45) is 1.79. The van der Waals surface area contributed by atoms with Crippen LogP contribution in [-0.2, 0) is 11.2 Å². The summed E-state index contributed by atoms with van der Waals surface area (Å²) in [6, 6.07) is 5.23. The number of hydrogen-bond donors (Lipinski definition) is 1. The second-order valence-corrected chi connectivity index (χ2v) is 4.43. The maximum Gasteiger partial charge on any atom is 0.359 e. The van der Waals surface area contributed by atoms with Gasteiger partial charge in [0.15, 0.2) is 17.3 Å². The Morgan fingerprint density at radius 1 is 1.24 bits per heavy atom. The van der Waals surface area contributed by atoms with Crippen molar-refractivity contribution in [3.8, 4) is 0 Å². The summed E-state index contributed by atoms with van der Waals surface area (Å²) >= 11 is 0. The zero-order valence-corrected chi connectivity index (χ0v) is 11.4. The second-order valence-electron chi connectivity index (χ2n) is 4.43. The number of nitrogens with zero attached hydrogens (tertiary/aromatic N) is 1. The summed E-state index contributed by atoms with van der Waals surface area (Å²) in [5.74, 6) is -2.39. The first kappa shape index (κ1) is 14.9. The smallest absolute Gasteiger partial charge is 0.359 e. The Kier molecular flexibility index (Phi) is 4.47. The maximum absolute atomic E-state index is 13.1. The highest BCUT2D eigenvalue weighted by molar-refractivity contribution is 5.92. The Morgan fingerprint density at radius 2 is 2.00 bits per heavy atom. The third-order valence-electron chi connectivity index (χ3n) is 2.83. The molecule has 110 valence electrons. The van der Waals surface area contributed by atoms with E-state index >= 15 is 0 Å². The molecule has 0 saturated heterocycles. The van der Waals surface area contributed by atoms with Crippen molar-refractivity contribution in [3.05, 3.63) is 58.9 Å². The van der Waals surface area contributed by atoms with E-state index in [4.69, 9.17) is 10.5 Å². The van der Waals surface area contributed by atoms with Crippen LogP contribution in [0.25, 0.3) is 0 Å². The molecule has 1 aromatic heterocycles. The van der Waals surface area contributed by atoms with Gasteiger partial charge in [0.05, 0.1) is 12.3 Å². The fourth-order valence-corrected chi connectivity index (χ4v) is 1.88. The van der Waals surface area contributed by atoms with Gasteiger partial charge in [-0.1, -0.05) is 6.07 Å². The Balaban J connectivity index is 2.20. The van der Waals surface area contributed by atoms with Gasteiger partial charge in [-0.15, -0.1) is 0 Å². The Labute approximate surface area is 120 Å². The molecule has 0 atom stereocenters. The fourth-order valence-electron chi connectivity index (χ4n) is 1.88. The summed E-state index contributed by atoms with van der Waals surface area (Å²) in [5, 5.41) is 0. The fraction of sp³-hybridized carbons (Fsp3) is 0.200. The molecule has 0 bridgehead atoms. The number of esters is 1. The van der Waals surface area contributed by atoms with Crippen LogP contribution < -0.4 is 5.73 Å². The molecule has 1 heterocycles. The van der Waals surface area contributed by atoms with Gasteiger partial charge < -0.3 is 10.5 Å². The average molecular weight is 292 g/mol. The van der Waals surface area contributed by atoms with Crippen LogP contribution in [0.4, 0.5) is 14.5 Å². The first-order valence-corrected chi connectivity index (χ1v) is 6.36. The molecule has 0 saturated carbocycles. The lowest BCUT2D eigenvalue weighted by atomic mass is 10.1. The van der Waals surface area contributed by atoms with Gasteiger partial charge in [-0.25, -0.2) is 18.6 Å². The zero-order valence-electron chi connectivity index (χ0n) is 11.4. The van der Waals surface area contributed by atoms with Crippen molar-refractivity contribution in [2.75, 3.05) is 12.3 Å². The minimum Gasteiger partial charge on any atom is -0.461 e. The van der Waals surface area contributed by atoms with E-state index in [9.17, 15) is 13.6 Å². The largest absolute Gasteiger partial charge is 0.461 e. The number of nitrogen functional groups attached to an aromatic ring is 1. The minimum atomic E-state index is -0.906. The van der Waals surface area contributed by atoms with Gasteiger partial charge in [0, 0.05) is 6.20 Å². The minimum absolute atomic E-state index is 0.0471. The van der Waals surface area contributed by atoms with Crippen LogP contribution in [0.15, 0.2) is 30.5 Å². The summed E-state index contributed by atoms with van der Waals surface area (Å²) in [7, 11) is 0. The molecule has 6 heteroatoms. The molecule has 0 fully saturated rings. The van der Waals surface area contributed by atoms with Gasteiger partial charge in [-0.3, -0.25) is 0 Å². The van der Waals surface area contributed by atoms with Gasteiger partial charge in [0.2, 0.25) is 0 Å². The van der Waals surface area contributed by atoms with Crippen LogP contribution in [0.1, 0.15) is 28.5 Å². The van der Waals surface area contributed by atoms with Crippen LogP contribution >= 0.6 is 0 Å². The molecule has 0 spiro atoms. The number of rotatable bonds is 4. The Morgan fingerprint density at radius 3 is 2.62 bits per heavy atom. The van der Waals surface area contributed by atoms with Crippen molar-refractivity contribution >= 4 is 11.7 Å². The van der Waals surface area contributed by atoms with E-state index in [0.29, 0.717) is 17.5 Å². The summed E-state index contributed by atoms with van der Waals surface area (Å²) in [4.78, 5) is 15.5. The first-order chi connectivity index (χ1) is 10.0. The SMILES string of the molecule is CCOC(=O)c1ncc(Cc2ccc(F)c(F)c2)cc1N.